The zero-order valence-corrected chi connectivity index (χ0v) is 11.4. The summed E-state index contributed by atoms with van der Waals surface area (Å²) in [5.41, 5.74) is 7.06. The molecule has 100 valence electrons. The van der Waals surface area contributed by atoms with Crippen LogP contribution in [0.5, 0.6) is 5.75 Å². The molecular weight excluding hydrogens is 222 g/mol. The zero-order valence-electron chi connectivity index (χ0n) is 11.4. The summed E-state index contributed by atoms with van der Waals surface area (Å²) < 4.78 is 5.92. The fraction of sp³-hybridized carbons (Fsp3) is 0.625. The molecule has 1 unspecified atom stereocenters. The molecule has 1 saturated carbocycles. The molecule has 2 nitrogen and oxygen atoms in total. The van der Waals surface area contributed by atoms with Gasteiger partial charge in [-0.05, 0) is 25.3 Å². The lowest BCUT2D eigenvalue weighted by atomic mass is 9.87. The van der Waals surface area contributed by atoms with Gasteiger partial charge in [-0.1, -0.05) is 50.3 Å². The van der Waals surface area contributed by atoms with Crippen molar-refractivity contribution >= 4 is 0 Å². The Morgan fingerprint density at radius 3 is 2.67 bits per heavy atom. The number of nitrogens with two attached hydrogens (primary N) is 1. The first-order valence-electron chi connectivity index (χ1n) is 7.24. The van der Waals surface area contributed by atoms with E-state index in [0.29, 0.717) is 0 Å². The fourth-order valence-electron chi connectivity index (χ4n) is 2.80. The molecule has 0 amide bonds. The third-order valence-corrected chi connectivity index (χ3v) is 3.92. The lowest BCUT2D eigenvalue weighted by Crippen LogP contribution is -2.12. The van der Waals surface area contributed by atoms with E-state index in [9.17, 15) is 0 Å². The maximum Gasteiger partial charge on any atom is 0.124 e. The molecule has 2 rings (SSSR count). The zero-order chi connectivity index (χ0) is 12.8. The molecule has 0 spiro atoms. The average molecular weight is 247 g/mol. The van der Waals surface area contributed by atoms with Crippen molar-refractivity contribution in [3.05, 3.63) is 29.8 Å². The minimum Gasteiger partial charge on any atom is -0.493 e. The molecule has 1 aromatic carbocycles. The number of hydrogen-bond donors (Lipinski definition) is 1. The van der Waals surface area contributed by atoms with Crippen LogP contribution in [0.25, 0.3) is 0 Å². The van der Waals surface area contributed by atoms with Crippen LogP contribution in [0.15, 0.2) is 24.3 Å². The standard InChI is InChI=1S/C16H25NO/c1-13(17)15-9-5-6-10-16(15)18-12-11-14-7-3-2-4-8-14/h5-6,9-10,13-14H,2-4,7-8,11-12,17H2,1H3. The van der Waals surface area contributed by atoms with Crippen molar-refractivity contribution in [3.8, 4) is 5.75 Å². The minimum absolute atomic E-state index is 0.0379. The van der Waals surface area contributed by atoms with Gasteiger partial charge in [0.1, 0.15) is 5.75 Å². The average Bonchev–Trinajstić information content (AvgIpc) is 2.40. The Bertz CT molecular complexity index is 356. The minimum atomic E-state index is 0.0379. The lowest BCUT2D eigenvalue weighted by Gasteiger charge is -2.22. The molecule has 0 aromatic heterocycles. The van der Waals surface area contributed by atoms with Crippen molar-refractivity contribution < 1.29 is 4.74 Å². The topological polar surface area (TPSA) is 35.2 Å². The highest BCUT2D eigenvalue weighted by Gasteiger charge is 2.14. The van der Waals surface area contributed by atoms with E-state index in [-0.39, 0.29) is 6.04 Å². The van der Waals surface area contributed by atoms with Gasteiger partial charge in [0.15, 0.2) is 0 Å². The first-order valence-corrected chi connectivity index (χ1v) is 7.24. The van der Waals surface area contributed by atoms with Crippen LogP contribution in [0.4, 0.5) is 0 Å². The lowest BCUT2D eigenvalue weighted by molar-refractivity contribution is 0.244. The van der Waals surface area contributed by atoms with Gasteiger partial charge in [-0.3, -0.25) is 0 Å². The number of para-hydroxylation sites is 1. The van der Waals surface area contributed by atoms with Gasteiger partial charge in [0, 0.05) is 11.6 Å². The molecule has 1 aliphatic carbocycles. The molecule has 0 heterocycles. The van der Waals surface area contributed by atoms with Crippen LogP contribution >= 0.6 is 0 Å². The first-order chi connectivity index (χ1) is 8.77. The van der Waals surface area contributed by atoms with Crippen LogP contribution in [-0.2, 0) is 0 Å². The highest BCUT2D eigenvalue weighted by Crippen LogP contribution is 2.27. The monoisotopic (exact) mass is 247 g/mol. The molecule has 1 aromatic rings. The highest BCUT2D eigenvalue weighted by atomic mass is 16.5. The summed E-state index contributed by atoms with van der Waals surface area (Å²) in [6.07, 6.45) is 8.19. The third-order valence-electron chi connectivity index (χ3n) is 3.92. The summed E-state index contributed by atoms with van der Waals surface area (Å²) in [4.78, 5) is 0. The summed E-state index contributed by atoms with van der Waals surface area (Å²) in [7, 11) is 0. The quantitative estimate of drug-likeness (QED) is 0.851. The fourth-order valence-corrected chi connectivity index (χ4v) is 2.80. The second kappa shape index (κ2) is 6.79. The summed E-state index contributed by atoms with van der Waals surface area (Å²) in [6.45, 7) is 2.83. The molecule has 1 atom stereocenters. The van der Waals surface area contributed by atoms with E-state index in [1.807, 2.05) is 25.1 Å². The van der Waals surface area contributed by atoms with Gasteiger partial charge >= 0.3 is 0 Å². The van der Waals surface area contributed by atoms with Crippen LogP contribution in [0, 0.1) is 5.92 Å². The van der Waals surface area contributed by atoms with Crippen LogP contribution < -0.4 is 10.5 Å². The van der Waals surface area contributed by atoms with E-state index >= 15 is 0 Å². The van der Waals surface area contributed by atoms with Crippen molar-refractivity contribution in [3.63, 3.8) is 0 Å². The SMILES string of the molecule is CC(N)c1ccccc1OCCC1CCCCC1. The Kier molecular flexibility index (Phi) is 5.06. The predicted octanol–water partition coefficient (Wildman–Crippen LogP) is 4.06. The van der Waals surface area contributed by atoms with Gasteiger partial charge in [-0.25, -0.2) is 0 Å². The number of hydrogen-bond acceptors (Lipinski definition) is 2. The second-order valence-electron chi connectivity index (χ2n) is 5.47. The molecule has 0 bridgehead atoms. The van der Waals surface area contributed by atoms with E-state index in [0.717, 1.165) is 23.8 Å². The Morgan fingerprint density at radius 2 is 1.94 bits per heavy atom. The van der Waals surface area contributed by atoms with Gasteiger partial charge in [-0.15, -0.1) is 0 Å². The van der Waals surface area contributed by atoms with Gasteiger partial charge in [0.05, 0.1) is 6.61 Å². The Hall–Kier alpha value is -1.02. The Morgan fingerprint density at radius 1 is 1.22 bits per heavy atom. The van der Waals surface area contributed by atoms with E-state index < -0.39 is 0 Å². The van der Waals surface area contributed by atoms with E-state index in [4.69, 9.17) is 10.5 Å². The molecule has 18 heavy (non-hydrogen) atoms. The first kappa shape index (κ1) is 13.4. The van der Waals surface area contributed by atoms with E-state index in [2.05, 4.69) is 6.07 Å². The molecule has 0 aliphatic heterocycles. The van der Waals surface area contributed by atoms with Crippen molar-refractivity contribution in [1.29, 1.82) is 0 Å². The number of benzene rings is 1. The Balaban J connectivity index is 1.82. The molecule has 1 aliphatic rings. The molecular formula is C16H25NO. The maximum atomic E-state index is 5.95. The molecule has 0 radical (unpaired) electrons. The van der Waals surface area contributed by atoms with Crippen molar-refractivity contribution in [2.24, 2.45) is 11.7 Å². The smallest absolute Gasteiger partial charge is 0.124 e. The summed E-state index contributed by atoms with van der Waals surface area (Å²) in [5, 5.41) is 0. The van der Waals surface area contributed by atoms with Crippen LogP contribution in [0.2, 0.25) is 0 Å². The van der Waals surface area contributed by atoms with E-state index in [1.165, 1.54) is 38.5 Å². The molecule has 1 fully saturated rings. The number of ether oxygens (including phenoxy) is 1. The van der Waals surface area contributed by atoms with Gasteiger partial charge in [-0.2, -0.15) is 0 Å². The van der Waals surface area contributed by atoms with Crippen molar-refractivity contribution in [2.45, 2.75) is 51.5 Å². The predicted molar refractivity (Wildman–Crippen MR) is 75.7 cm³/mol. The van der Waals surface area contributed by atoms with E-state index in [1.54, 1.807) is 0 Å². The molecule has 2 heteroatoms. The van der Waals surface area contributed by atoms with Crippen LogP contribution in [0.1, 0.15) is 57.1 Å². The summed E-state index contributed by atoms with van der Waals surface area (Å²) in [6, 6.07) is 8.16. The molecule has 0 saturated heterocycles. The summed E-state index contributed by atoms with van der Waals surface area (Å²) >= 11 is 0. The highest BCUT2D eigenvalue weighted by molar-refractivity contribution is 5.35. The largest absolute Gasteiger partial charge is 0.493 e. The van der Waals surface area contributed by atoms with Crippen LogP contribution in [0.3, 0.4) is 0 Å². The van der Waals surface area contributed by atoms with Gasteiger partial charge in [0.2, 0.25) is 0 Å². The molecule has 2 N–H and O–H groups in total. The third kappa shape index (κ3) is 3.74. The maximum absolute atomic E-state index is 5.95. The number of rotatable bonds is 5. The van der Waals surface area contributed by atoms with Crippen LogP contribution in [-0.4, -0.2) is 6.61 Å². The second-order valence-corrected chi connectivity index (χ2v) is 5.47. The Labute approximate surface area is 111 Å². The van der Waals surface area contributed by atoms with Crippen molar-refractivity contribution in [2.75, 3.05) is 6.61 Å². The normalized spacial score (nSPS) is 18.6. The summed E-state index contributed by atoms with van der Waals surface area (Å²) in [5.74, 6) is 1.84. The van der Waals surface area contributed by atoms with Gasteiger partial charge < -0.3 is 10.5 Å². The van der Waals surface area contributed by atoms with Crippen molar-refractivity contribution in [1.82, 2.24) is 0 Å². The van der Waals surface area contributed by atoms with Gasteiger partial charge in [0.25, 0.3) is 0 Å².